The highest BCUT2D eigenvalue weighted by Gasteiger charge is 2.27. The molecule has 1 aromatic carbocycles. The van der Waals surface area contributed by atoms with Crippen LogP contribution in [0, 0.1) is 0 Å². The van der Waals surface area contributed by atoms with Crippen LogP contribution in [0.5, 0.6) is 0 Å². The molecule has 1 atom stereocenters. The lowest BCUT2D eigenvalue weighted by Gasteiger charge is -2.36. The summed E-state index contributed by atoms with van der Waals surface area (Å²) >= 11 is 0. The number of para-hydroxylation sites is 1. The van der Waals surface area contributed by atoms with Gasteiger partial charge >= 0.3 is 0 Å². The van der Waals surface area contributed by atoms with Gasteiger partial charge in [0.05, 0.1) is 0 Å². The van der Waals surface area contributed by atoms with Crippen LogP contribution in [0.3, 0.4) is 0 Å². The Balaban J connectivity index is 1.30. The average molecular weight is 350 g/mol. The van der Waals surface area contributed by atoms with Crippen molar-refractivity contribution in [3.05, 3.63) is 54.2 Å². The number of fused-ring (bicyclic) bond motifs is 1. The van der Waals surface area contributed by atoms with Crippen LogP contribution in [-0.4, -0.2) is 54.6 Å². The Morgan fingerprint density at radius 1 is 1.08 bits per heavy atom. The number of rotatable bonds is 4. The first kappa shape index (κ1) is 16.9. The smallest absolute Gasteiger partial charge is 0.224 e. The fourth-order valence-electron chi connectivity index (χ4n) is 4.07. The molecule has 5 nitrogen and oxygen atoms in total. The Bertz CT molecular complexity index is 756. The van der Waals surface area contributed by atoms with Gasteiger partial charge < -0.3 is 14.7 Å². The highest BCUT2D eigenvalue weighted by atomic mass is 16.2. The molecule has 2 aromatic rings. The van der Waals surface area contributed by atoms with Gasteiger partial charge in [-0.15, -0.1) is 0 Å². The zero-order chi connectivity index (χ0) is 17.9. The predicted octanol–water partition coefficient (Wildman–Crippen LogP) is 2.57. The normalized spacial score (nSPS) is 19.6. The van der Waals surface area contributed by atoms with Gasteiger partial charge in [0.2, 0.25) is 5.91 Å². The second kappa shape index (κ2) is 7.36. The summed E-state index contributed by atoms with van der Waals surface area (Å²) in [5, 5.41) is 0. The summed E-state index contributed by atoms with van der Waals surface area (Å²) in [6.07, 6.45) is 3.48. The molecule has 0 saturated carbocycles. The quantitative estimate of drug-likeness (QED) is 0.850. The SMILES string of the molecule is C[C@@H]1Cc2ccccc2N1CCC(=O)N1CCN(c2ccccn2)CC1. The molecule has 4 rings (SSSR count). The number of benzene rings is 1. The minimum absolute atomic E-state index is 0.266. The summed E-state index contributed by atoms with van der Waals surface area (Å²) in [5.41, 5.74) is 2.70. The van der Waals surface area contributed by atoms with Crippen LogP contribution in [0.15, 0.2) is 48.7 Å². The zero-order valence-electron chi connectivity index (χ0n) is 15.3. The van der Waals surface area contributed by atoms with Crippen LogP contribution < -0.4 is 9.80 Å². The lowest BCUT2D eigenvalue weighted by atomic mass is 10.1. The molecule has 0 bridgehead atoms. The van der Waals surface area contributed by atoms with E-state index in [2.05, 4.69) is 46.0 Å². The van der Waals surface area contributed by atoms with E-state index in [1.54, 1.807) is 0 Å². The highest BCUT2D eigenvalue weighted by Crippen LogP contribution is 2.31. The summed E-state index contributed by atoms with van der Waals surface area (Å²) in [7, 11) is 0. The zero-order valence-corrected chi connectivity index (χ0v) is 15.3. The molecule has 26 heavy (non-hydrogen) atoms. The number of hydrogen-bond donors (Lipinski definition) is 0. The Labute approximate surface area is 155 Å². The Morgan fingerprint density at radius 3 is 2.62 bits per heavy atom. The van der Waals surface area contributed by atoms with E-state index in [1.807, 2.05) is 29.3 Å². The van der Waals surface area contributed by atoms with Gasteiger partial charge in [0.25, 0.3) is 0 Å². The van der Waals surface area contributed by atoms with Crippen LogP contribution in [-0.2, 0) is 11.2 Å². The Kier molecular flexibility index (Phi) is 4.78. The number of anilines is 2. The van der Waals surface area contributed by atoms with Crippen molar-refractivity contribution in [1.29, 1.82) is 0 Å². The molecule has 2 aliphatic heterocycles. The van der Waals surface area contributed by atoms with Crippen molar-refractivity contribution in [3.8, 4) is 0 Å². The monoisotopic (exact) mass is 350 g/mol. The van der Waals surface area contributed by atoms with E-state index in [0.29, 0.717) is 12.5 Å². The number of carbonyl (C=O) groups excluding carboxylic acids is 1. The summed E-state index contributed by atoms with van der Waals surface area (Å²) < 4.78 is 0. The number of piperazine rings is 1. The van der Waals surface area contributed by atoms with Gasteiger partial charge in [-0.05, 0) is 37.1 Å². The number of hydrogen-bond acceptors (Lipinski definition) is 4. The third-order valence-electron chi connectivity index (χ3n) is 5.52. The number of aromatic nitrogens is 1. The molecule has 0 spiro atoms. The maximum absolute atomic E-state index is 12.7. The van der Waals surface area contributed by atoms with Gasteiger partial charge in [0.1, 0.15) is 5.82 Å². The maximum atomic E-state index is 12.7. The van der Waals surface area contributed by atoms with Gasteiger partial charge in [0.15, 0.2) is 0 Å². The van der Waals surface area contributed by atoms with E-state index in [1.165, 1.54) is 11.3 Å². The van der Waals surface area contributed by atoms with Gasteiger partial charge in [-0.1, -0.05) is 24.3 Å². The van der Waals surface area contributed by atoms with Gasteiger partial charge in [-0.3, -0.25) is 4.79 Å². The van der Waals surface area contributed by atoms with Crippen molar-refractivity contribution in [1.82, 2.24) is 9.88 Å². The van der Waals surface area contributed by atoms with E-state index in [9.17, 15) is 4.79 Å². The molecule has 1 amide bonds. The molecule has 1 fully saturated rings. The average Bonchev–Trinajstić information content (AvgIpc) is 3.02. The second-order valence-corrected chi connectivity index (χ2v) is 7.18. The molecule has 0 unspecified atom stereocenters. The lowest BCUT2D eigenvalue weighted by molar-refractivity contribution is -0.131. The number of carbonyl (C=O) groups is 1. The summed E-state index contributed by atoms with van der Waals surface area (Å²) in [6.45, 7) is 6.31. The molecule has 0 radical (unpaired) electrons. The fourth-order valence-corrected chi connectivity index (χ4v) is 4.07. The molecular weight excluding hydrogens is 324 g/mol. The first-order valence-corrected chi connectivity index (χ1v) is 9.50. The number of nitrogens with zero attached hydrogens (tertiary/aromatic N) is 4. The van der Waals surface area contributed by atoms with E-state index < -0.39 is 0 Å². The molecule has 0 aliphatic carbocycles. The number of amides is 1. The first-order valence-electron chi connectivity index (χ1n) is 9.50. The summed E-state index contributed by atoms with van der Waals surface area (Å²) in [5.74, 6) is 1.27. The summed E-state index contributed by atoms with van der Waals surface area (Å²) in [4.78, 5) is 23.7. The minimum atomic E-state index is 0.266. The minimum Gasteiger partial charge on any atom is -0.368 e. The molecular formula is C21H26N4O. The summed E-state index contributed by atoms with van der Waals surface area (Å²) in [6, 6.07) is 15.0. The van der Waals surface area contributed by atoms with Gasteiger partial charge in [0, 0.05) is 57.1 Å². The largest absolute Gasteiger partial charge is 0.368 e. The molecule has 136 valence electrons. The van der Waals surface area contributed by atoms with Crippen LogP contribution in [0.1, 0.15) is 18.9 Å². The first-order chi connectivity index (χ1) is 12.7. The fraction of sp³-hybridized carbons (Fsp3) is 0.429. The Morgan fingerprint density at radius 2 is 1.85 bits per heavy atom. The Hall–Kier alpha value is -2.56. The van der Waals surface area contributed by atoms with Crippen LogP contribution in [0.25, 0.3) is 0 Å². The van der Waals surface area contributed by atoms with E-state index >= 15 is 0 Å². The van der Waals surface area contributed by atoms with Crippen LogP contribution >= 0.6 is 0 Å². The molecule has 1 saturated heterocycles. The van der Waals surface area contributed by atoms with Crippen molar-refractivity contribution >= 4 is 17.4 Å². The third-order valence-corrected chi connectivity index (χ3v) is 5.52. The van der Waals surface area contributed by atoms with Crippen molar-refractivity contribution in [3.63, 3.8) is 0 Å². The molecule has 1 aromatic heterocycles. The maximum Gasteiger partial charge on any atom is 0.224 e. The van der Waals surface area contributed by atoms with E-state index in [0.717, 1.165) is 45.0 Å². The topological polar surface area (TPSA) is 39.7 Å². The number of pyridine rings is 1. The lowest BCUT2D eigenvalue weighted by Crippen LogP contribution is -2.49. The molecule has 3 heterocycles. The molecule has 0 N–H and O–H groups in total. The van der Waals surface area contributed by atoms with Crippen LogP contribution in [0.4, 0.5) is 11.5 Å². The predicted molar refractivity (Wildman–Crippen MR) is 105 cm³/mol. The molecule has 5 heteroatoms. The van der Waals surface area contributed by atoms with Crippen molar-refractivity contribution in [2.45, 2.75) is 25.8 Å². The van der Waals surface area contributed by atoms with Crippen LogP contribution in [0.2, 0.25) is 0 Å². The van der Waals surface area contributed by atoms with Crippen molar-refractivity contribution in [2.75, 3.05) is 42.5 Å². The van der Waals surface area contributed by atoms with Crippen molar-refractivity contribution in [2.24, 2.45) is 0 Å². The van der Waals surface area contributed by atoms with Gasteiger partial charge in [-0.25, -0.2) is 4.98 Å². The molecule has 2 aliphatic rings. The van der Waals surface area contributed by atoms with E-state index in [-0.39, 0.29) is 5.91 Å². The van der Waals surface area contributed by atoms with E-state index in [4.69, 9.17) is 0 Å². The third kappa shape index (κ3) is 3.39. The standard InChI is InChI=1S/C21H26N4O/c1-17-16-18-6-2-3-7-19(18)25(17)11-9-21(26)24-14-12-23(13-15-24)20-8-4-5-10-22-20/h2-8,10,17H,9,11-16H2,1H3/t17-/m1/s1. The van der Waals surface area contributed by atoms with Crippen molar-refractivity contribution < 1.29 is 4.79 Å². The second-order valence-electron chi connectivity index (χ2n) is 7.18. The highest BCUT2D eigenvalue weighted by molar-refractivity contribution is 5.77. The van der Waals surface area contributed by atoms with Gasteiger partial charge in [-0.2, -0.15) is 0 Å².